The molecule has 0 aromatic heterocycles. The molecule has 0 saturated carbocycles. The van der Waals surface area contributed by atoms with Crippen LogP contribution in [-0.4, -0.2) is 12.8 Å². The Morgan fingerprint density at radius 1 is 1.42 bits per heavy atom. The molecule has 1 nitrogen and oxygen atoms in total. The molecule has 0 aromatic carbocycles. The van der Waals surface area contributed by atoms with E-state index in [2.05, 4.69) is 38.7 Å². The van der Waals surface area contributed by atoms with Gasteiger partial charge in [0.05, 0.1) is 6.04 Å². The van der Waals surface area contributed by atoms with Gasteiger partial charge in [-0.25, -0.2) is 0 Å². The van der Waals surface area contributed by atoms with E-state index in [1.54, 1.807) is 6.08 Å². The highest BCUT2D eigenvalue weighted by Gasteiger charge is 2.12. The Balaban J connectivity index is 4.44. The Labute approximate surface area is 75.2 Å². The van der Waals surface area contributed by atoms with Crippen LogP contribution < -0.4 is 0 Å². The van der Waals surface area contributed by atoms with Gasteiger partial charge < -0.3 is 0 Å². The van der Waals surface area contributed by atoms with E-state index < -0.39 is 0 Å². The third kappa shape index (κ3) is 2.87. The van der Waals surface area contributed by atoms with Crippen LogP contribution in [0.2, 0.25) is 0 Å². The minimum Gasteiger partial charge on any atom is -0.293 e. The molecule has 2 unspecified atom stereocenters. The molecule has 0 aliphatic carbocycles. The van der Waals surface area contributed by atoms with Crippen molar-refractivity contribution >= 4 is 6.72 Å². The minimum absolute atomic E-state index is 0.112. The number of aliphatic imine (C=N–C) groups is 1. The number of rotatable bonds is 5. The molecular weight excluding hydrogens is 146 g/mol. The summed E-state index contributed by atoms with van der Waals surface area (Å²) in [4.78, 5) is 3.97. The third-order valence-corrected chi connectivity index (χ3v) is 2.06. The van der Waals surface area contributed by atoms with Crippen LogP contribution in [0.5, 0.6) is 0 Å². The summed E-state index contributed by atoms with van der Waals surface area (Å²) in [6.45, 7) is 15.0. The van der Waals surface area contributed by atoms with E-state index in [0.29, 0.717) is 5.92 Å². The monoisotopic (exact) mass is 163 g/mol. The molecule has 1 heteroatoms. The van der Waals surface area contributed by atoms with Crippen molar-refractivity contribution in [2.24, 2.45) is 10.9 Å². The summed E-state index contributed by atoms with van der Waals surface area (Å²) in [6, 6.07) is 0.112. The summed E-state index contributed by atoms with van der Waals surface area (Å²) < 4.78 is 0. The fourth-order valence-corrected chi connectivity index (χ4v) is 1.04. The van der Waals surface area contributed by atoms with Gasteiger partial charge in [-0.3, -0.25) is 4.99 Å². The van der Waals surface area contributed by atoms with E-state index in [4.69, 9.17) is 0 Å². The molecule has 0 radical (unpaired) electrons. The summed E-state index contributed by atoms with van der Waals surface area (Å²) in [6.07, 6.45) is 5.60. The zero-order valence-electron chi connectivity index (χ0n) is 7.96. The van der Waals surface area contributed by atoms with Crippen molar-refractivity contribution in [3.05, 3.63) is 37.0 Å². The summed E-state index contributed by atoms with van der Waals surface area (Å²) in [5.41, 5.74) is 1.25. The van der Waals surface area contributed by atoms with Crippen molar-refractivity contribution in [3.8, 4) is 0 Å². The number of allylic oxidation sites excluding steroid dienone is 2. The molecule has 0 heterocycles. The topological polar surface area (TPSA) is 12.4 Å². The first-order chi connectivity index (χ1) is 5.67. The Morgan fingerprint density at radius 3 is 2.33 bits per heavy atom. The van der Waals surface area contributed by atoms with Gasteiger partial charge in [0.2, 0.25) is 0 Å². The predicted molar refractivity (Wildman–Crippen MR) is 56.7 cm³/mol. The van der Waals surface area contributed by atoms with Crippen LogP contribution in [0.4, 0.5) is 0 Å². The molecule has 66 valence electrons. The fourth-order valence-electron chi connectivity index (χ4n) is 1.04. The summed E-state index contributed by atoms with van der Waals surface area (Å²) in [5, 5.41) is 0. The molecule has 0 aliphatic heterocycles. The Morgan fingerprint density at radius 2 is 2.00 bits per heavy atom. The average molecular weight is 163 g/mol. The standard InChI is InChI=1S/C11H17N/c1-6-8-9(3)10(4)11(7-2)12-5/h6-8,10-11H,1-2,5H2,3-4H3/b9-8+. The number of nitrogens with zero attached hydrogens (tertiary/aromatic N) is 1. The molecule has 0 N–H and O–H groups in total. The predicted octanol–water partition coefficient (Wildman–Crippen LogP) is 3.01. The number of hydrogen-bond donors (Lipinski definition) is 0. The number of hydrogen-bond acceptors (Lipinski definition) is 1. The molecule has 0 saturated heterocycles. The lowest BCUT2D eigenvalue weighted by molar-refractivity contribution is 0.603. The molecule has 12 heavy (non-hydrogen) atoms. The summed E-state index contributed by atoms with van der Waals surface area (Å²) in [5.74, 6) is 0.359. The average Bonchev–Trinajstić information content (AvgIpc) is 2.07. The Hall–Kier alpha value is -1.11. The van der Waals surface area contributed by atoms with Crippen LogP contribution in [0.15, 0.2) is 42.0 Å². The van der Waals surface area contributed by atoms with E-state index in [0.717, 1.165) is 0 Å². The zero-order valence-corrected chi connectivity index (χ0v) is 7.96. The highest BCUT2D eigenvalue weighted by Crippen LogP contribution is 2.17. The maximum Gasteiger partial charge on any atom is 0.0732 e. The smallest absolute Gasteiger partial charge is 0.0732 e. The maximum atomic E-state index is 3.97. The normalized spacial score (nSPS) is 16.3. The van der Waals surface area contributed by atoms with E-state index in [9.17, 15) is 0 Å². The second kappa shape index (κ2) is 5.53. The van der Waals surface area contributed by atoms with Crippen LogP contribution in [0.3, 0.4) is 0 Å². The first kappa shape index (κ1) is 10.9. The van der Waals surface area contributed by atoms with Crippen LogP contribution in [0.25, 0.3) is 0 Å². The van der Waals surface area contributed by atoms with Gasteiger partial charge in [-0.1, -0.05) is 37.3 Å². The van der Waals surface area contributed by atoms with Gasteiger partial charge in [-0.05, 0) is 13.6 Å². The molecule has 0 fully saturated rings. The quantitative estimate of drug-likeness (QED) is 0.335. The fraction of sp³-hybridized carbons (Fsp3) is 0.364. The summed E-state index contributed by atoms with van der Waals surface area (Å²) in [7, 11) is 0. The zero-order chi connectivity index (χ0) is 9.56. The van der Waals surface area contributed by atoms with E-state index >= 15 is 0 Å². The van der Waals surface area contributed by atoms with Crippen molar-refractivity contribution < 1.29 is 0 Å². The van der Waals surface area contributed by atoms with E-state index in [-0.39, 0.29) is 6.04 Å². The molecule has 0 bridgehead atoms. The van der Waals surface area contributed by atoms with Crippen LogP contribution in [-0.2, 0) is 0 Å². The van der Waals surface area contributed by atoms with Crippen molar-refractivity contribution in [2.45, 2.75) is 19.9 Å². The van der Waals surface area contributed by atoms with Crippen molar-refractivity contribution in [2.75, 3.05) is 0 Å². The first-order valence-corrected chi connectivity index (χ1v) is 4.05. The van der Waals surface area contributed by atoms with Gasteiger partial charge in [-0.15, -0.1) is 6.58 Å². The summed E-state index contributed by atoms with van der Waals surface area (Å²) >= 11 is 0. The van der Waals surface area contributed by atoms with Gasteiger partial charge in [0, 0.05) is 5.92 Å². The highest BCUT2D eigenvalue weighted by atomic mass is 14.7. The van der Waals surface area contributed by atoms with E-state index in [1.165, 1.54) is 5.57 Å². The lowest BCUT2D eigenvalue weighted by Crippen LogP contribution is -2.13. The second-order valence-electron chi connectivity index (χ2n) is 2.84. The second-order valence-corrected chi connectivity index (χ2v) is 2.84. The minimum atomic E-state index is 0.112. The van der Waals surface area contributed by atoms with Crippen molar-refractivity contribution in [1.29, 1.82) is 0 Å². The molecule has 0 amide bonds. The van der Waals surface area contributed by atoms with Gasteiger partial charge in [0.15, 0.2) is 0 Å². The van der Waals surface area contributed by atoms with Gasteiger partial charge >= 0.3 is 0 Å². The molecule has 0 aromatic rings. The van der Waals surface area contributed by atoms with Crippen LogP contribution >= 0.6 is 0 Å². The molecule has 0 spiro atoms. The van der Waals surface area contributed by atoms with Crippen molar-refractivity contribution in [1.82, 2.24) is 0 Å². The van der Waals surface area contributed by atoms with Gasteiger partial charge in [-0.2, -0.15) is 0 Å². The third-order valence-electron chi connectivity index (χ3n) is 2.06. The van der Waals surface area contributed by atoms with Crippen molar-refractivity contribution in [3.63, 3.8) is 0 Å². The lowest BCUT2D eigenvalue weighted by Gasteiger charge is -2.16. The highest BCUT2D eigenvalue weighted by molar-refractivity contribution is 5.27. The molecule has 0 aliphatic rings. The molecule has 2 atom stereocenters. The molecular formula is C11H17N. The van der Waals surface area contributed by atoms with E-state index in [1.807, 2.05) is 12.2 Å². The van der Waals surface area contributed by atoms with Gasteiger partial charge in [0.1, 0.15) is 0 Å². The lowest BCUT2D eigenvalue weighted by atomic mass is 9.94. The largest absolute Gasteiger partial charge is 0.293 e. The van der Waals surface area contributed by atoms with Crippen LogP contribution in [0, 0.1) is 5.92 Å². The maximum absolute atomic E-state index is 3.97. The SMILES string of the molecule is C=C/C=C(\C)C(C)C(C=C)N=C. The Bertz CT molecular complexity index is 193. The van der Waals surface area contributed by atoms with Crippen LogP contribution in [0.1, 0.15) is 13.8 Å². The Kier molecular flexibility index (Phi) is 5.02. The molecule has 0 rings (SSSR count). The first-order valence-electron chi connectivity index (χ1n) is 4.05. The van der Waals surface area contributed by atoms with Gasteiger partial charge in [0.25, 0.3) is 0 Å².